The van der Waals surface area contributed by atoms with E-state index in [4.69, 9.17) is 9.38 Å². The van der Waals surface area contributed by atoms with Crippen LogP contribution in [0.2, 0.25) is 26.2 Å². The first-order chi connectivity index (χ1) is 6.45. The molecule has 79 valence electrons. The number of nitriles is 1. The number of hydrogen-bond acceptors (Lipinski definition) is 2. The van der Waals surface area contributed by atoms with Crippen molar-refractivity contribution >= 4 is 17.4 Å². The summed E-state index contributed by atoms with van der Waals surface area (Å²) in [6.45, 7) is 8.81. The molecule has 0 aromatic carbocycles. The van der Waals surface area contributed by atoms with Gasteiger partial charge < -0.3 is 4.12 Å². The highest BCUT2D eigenvalue weighted by atomic mass is 28.4. The minimum atomic E-state index is -1.35. The molecule has 0 aromatic rings. The first kappa shape index (κ1) is 13.6. The topological polar surface area (TPSA) is 33.0 Å². The molecule has 0 aliphatic rings. The number of nitrogens with zero attached hydrogens (tertiary/aromatic N) is 1. The van der Waals surface area contributed by atoms with Gasteiger partial charge in [-0.1, -0.05) is 11.8 Å². The van der Waals surface area contributed by atoms with Gasteiger partial charge in [0.05, 0.1) is 6.07 Å². The van der Waals surface area contributed by atoms with Crippen LogP contribution in [0.5, 0.6) is 0 Å². The molecule has 0 aliphatic carbocycles. The SMILES string of the molecule is C[Si](/C=C/CCCC#N)O[Si](C)(C)C. The Bertz CT molecular complexity index is 215. The van der Waals surface area contributed by atoms with E-state index in [2.05, 4.69) is 44.0 Å². The lowest BCUT2D eigenvalue weighted by Gasteiger charge is -2.20. The van der Waals surface area contributed by atoms with Gasteiger partial charge in [0.1, 0.15) is 0 Å². The summed E-state index contributed by atoms with van der Waals surface area (Å²) < 4.78 is 5.93. The van der Waals surface area contributed by atoms with Crippen LogP contribution in [-0.4, -0.2) is 17.4 Å². The van der Waals surface area contributed by atoms with Crippen molar-refractivity contribution in [3.63, 3.8) is 0 Å². The van der Waals surface area contributed by atoms with Gasteiger partial charge in [0, 0.05) is 6.42 Å². The molecule has 0 bridgehead atoms. The van der Waals surface area contributed by atoms with Crippen LogP contribution in [0.3, 0.4) is 0 Å². The van der Waals surface area contributed by atoms with E-state index in [1.54, 1.807) is 0 Å². The zero-order valence-corrected chi connectivity index (χ0v) is 11.6. The van der Waals surface area contributed by atoms with Gasteiger partial charge in [0.2, 0.25) is 9.04 Å². The zero-order valence-electron chi connectivity index (χ0n) is 9.63. The van der Waals surface area contributed by atoms with Gasteiger partial charge >= 0.3 is 0 Å². The number of unbranched alkanes of at least 4 members (excludes halogenated alkanes) is 2. The van der Waals surface area contributed by atoms with E-state index in [1.807, 2.05) is 0 Å². The number of hydrogen-bond donors (Lipinski definition) is 0. The molecule has 0 N–H and O–H groups in total. The molecular formula is C10H20NOSi2. The second kappa shape index (κ2) is 6.99. The van der Waals surface area contributed by atoms with Crippen molar-refractivity contribution < 1.29 is 4.12 Å². The highest BCUT2D eigenvalue weighted by Crippen LogP contribution is 2.06. The lowest BCUT2D eigenvalue weighted by molar-refractivity contribution is 0.587. The van der Waals surface area contributed by atoms with Gasteiger partial charge in [-0.2, -0.15) is 5.26 Å². The van der Waals surface area contributed by atoms with Crippen LogP contribution in [0.15, 0.2) is 11.8 Å². The number of rotatable bonds is 6. The van der Waals surface area contributed by atoms with E-state index in [1.165, 1.54) is 0 Å². The first-order valence-corrected chi connectivity index (χ1v) is 10.4. The molecule has 0 rings (SSSR count). The van der Waals surface area contributed by atoms with Gasteiger partial charge in [-0.05, 0) is 39.0 Å². The lowest BCUT2D eigenvalue weighted by atomic mass is 10.2. The van der Waals surface area contributed by atoms with Crippen molar-refractivity contribution in [2.24, 2.45) is 0 Å². The molecule has 0 fully saturated rings. The molecule has 2 nitrogen and oxygen atoms in total. The van der Waals surface area contributed by atoms with Crippen LogP contribution >= 0.6 is 0 Å². The summed E-state index contributed by atoms with van der Waals surface area (Å²) in [6.07, 6.45) is 4.79. The Kier molecular flexibility index (Phi) is 6.80. The predicted octanol–water partition coefficient (Wildman–Crippen LogP) is 3.25. The molecule has 0 unspecified atom stereocenters. The molecular weight excluding hydrogens is 206 g/mol. The summed E-state index contributed by atoms with van der Waals surface area (Å²) in [5, 5.41) is 8.34. The van der Waals surface area contributed by atoms with E-state index in [9.17, 15) is 0 Å². The van der Waals surface area contributed by atoms with E-state index < -0.39 is 17.4 Å². The van der Waals surface area contributed by atoms with Crippen molar-refractivity contribution in [3.8, 4) is 6.07 Å². The fraction of sp³-hybridized carbons (Fsp3) is 0.700. The minimum absolute atomic E-state index is 0.658. The van der Waals surface area contributed by atoms with Crippen LogP contribution in [0.4, 0.5) is 0 Å². The van der Waals surface area contributed by atoms with Crippen LogP contribution in [0, 0.1) is 11.3 Å². The summed E-state index contributed by atoms with van der Waals surface area (Å²) >= 11 is 0. The molecule has 1 radical (unpaired) electrons. The Hall–Kier alpha value is -0.376. The molecule has 0 aliphatic heterocycles. The molecule has 0 saturated carbocycles. The predicted molar refractivity (Wildman–Crippen MR) is 64.7 cm³/mol. The molecule has 0 spiro atoms. The third-order valence-corrected chi connectivity index (χ3v) is 5.92. The molecule has 4 heteroatoms. The maximum absolute atomic E-state index is 8.34. The Balaban J connectivity index is 3.62. The Labute approximate surface area is 90.4 Å². The smallest absolute Gasteiger partial charge is 0.223 e. The molecule has 0 aromatic heterocycles. The van der Waals surface area contributed by atoms with E-state index in [0.717, 1.165) is 12.8 Å². The molecule has 0 atom stereocenters. The summed E-state index contributed by atoms with van der Waals surface area (Å²) in [4.78, 5) is 0. The highest BCUT2D eigenvalue weighted by Gasteiger charge is 2.17. The van der Waals surface area contributed by atoms with Gasteiger partial charge in [-0.15, -0.1) is 0 Å². The van der Waals surface area contributed by atoms with Crippen LogP contribution in [-0.2, 0) is 4.12 Å². The van der Waals surface area contributed by atoms with Crippen molar-refractivity contribution in [2.45, 2.75) is 45.5 Å². The van der Waals surface area contributed by atoms with Crippen molar-refractivity contribution in [2.75, 3.05) is 0 Å². The van der Waals surface area contributed by atoms with Crippen molar-refractivity contribution in [1.82, 2.24) is 0 Å². The second-order valence-corrected chi connectivity index (χ2v) is 10.9. The molecule has 0 amide bonds. The quantitative estimate of drug-likeness (QED) is 0.514. The summed E-state index contributed by atoms with van der Waals surface area (Å²) in [7, 11) is -2.09. The maximum Gasteiger partial charge on any atom is 0.223 e. The van der Waals surface area contributed by atoms with E-state index in [-0.39, 0.29) is 0 Å². The third-order valence-electron chi connectivity index (χ3n) is 1.48. The lowest BCUT2D eigenvalue weighted by Crippen LogP contribution is -2.32. The Morgan fingerprint density at radius 2 is 2.07 bits per heavy atom. The number of allylic oxidation sites excluding steroid dienone is 1. The van der Waals surface area contributed by atoms with Crippen LogP contribution < -0.4 is 0 Å². The fourth-order valence-corrected chi connectivity index (χ4v) is 5.70. The summed E-state index contributed by atoms with van der Waals surface area (Å²) in [5.74, 6) is 0. The van der Waals surface area contributed by atoms with Gasteiger partial charge in [-0.3, -0.25) is 0 Å². The average Bonchev–Trinajstić information content (AvgIpc) is 2.00. The van der Waals surface area contributed by atoms with Gasteiger partial charge in [0.15, 0.2) is 8.32 Å². The summed E-state index contributed by atoms with van der Waals surface area (Å²) in [5.41, 5.74) is 2.19. The van der Waals surface area contributed by atoms with Gasteiger partial charge in [-0.25, -0.2) is 0 Å². The first-order valence-electron chi connectivity index (χ1n) is 5.02. The van der Waals surface area contributed by atoms with Crippen molar-refractivity contribution in [3.05, 3.63) is 11.8 Å². The maximum atomic E-state index is 8.34. The molecule has 0 heterocycles. The molecule has 0 saturated heterocycles. The van der Waals surface area contributed by atoms with Gasteiger partial charge in [0.25, 0.3) is 0 Å². The Morgan fingerprint density at radius 1 is 1.43 bits per heavy atom. The fourth-order valence-electron chi connectivity index (χ4n) is 1.07. The van der Waals surface area contributed by atoms with Crippen LogP contribution in [0.1, 0.15) is 19.3 Å². The standard InChI is InChI=1S/C10H20NOSi2/c1-13(12-14(2,3)4)10-8-6-5-7-9-11/h8,10H,5-7H2,1-4H3/b10-8+. The van der Waals surface area contributed by atoms with Crippen molar-refractivity contribution in [1.29, 1.82) is 5.26 Å². The largest absolute Gasteiger partial charge is 0.453 e. The highest BCUT2D eigenvalue weighted by molar-refractivity contribution is 6.78. The van der Waals surface area contributed by atoms with Crippen LogP contribution in [0.25, 0.3) is 0 Å². The monoisotopic (exact) mass is 226 g/mol. The second-order valence-electron chi connectivity index (χ2n) is 4.28. The zero-order chi connectivity index (χ0) is 11.0. The summed E-state index contributed by atoms with van der Waals surface area (Å²) in [6, 6.07) is 2.14. The third kappa shape index (κ3) is 9.71. The average molecular weight is 226 g/mol. The minimum Gasteiger partial charge on any atom is -0.453 e. The van der Waals surface area contributed by atoms with E-state index >= 15 is 0 Å². The van der Waals surface area contributed by atoms with E-state index in [0.29, 0.717) is 6.42 Å². The Morgan fingerprint density at radius 3 is 2.57 bits per heavy atom. The normalized spacial score (nSPS) is 12.3. The molecule has 14 heavy (non-hydrogen) atoms.